The van der Waals surface area contributed by atoms with Gasteiger partial charge in [0.1, 0.15) is 5.75 Å². The lowest BCUT2D eigenvalue weighted by Gasteiger charge is -2.35. The Labute approximate surface area is 104 Å². The van der Waals surface area contributed by atoms with Crippen molar-refractivity contribution in [1.82, 2.24) is 5.32 Å². The molecule has 0 saturated carbocycles. The first-order chi connectivity index (χ1) is 8.23. The lowest BCUT2D eigenvalue weighted by molar-refractivity contribution is 0.302. The first-order valence-electron chi connectivity index (χ1n) is 6.58. The Hall–Kier alpha value is -1.02. The van der Waals surface area contributed by atoms with Crippen LogP contribution in [0.3, 0.4) is 0 Å². The van der Waals surface area contributed by atoms with Crippen LogP contribution in [0.4, 0.5) is 0 Å². The largest absolute Gasteiger partial charge is 0.497 e. The van der Waals surface area contributed by atoms with E-state index >= 15 is 0 Å². The number of ether oxygens (including phenoxy) is 1. The zero-order valence-electron chi connectivity index (χ0n) is 11.1. The Balaban J connectivity index is 2.38. The van der Waals surface area contributed by atoms with E-state index in [2.05, 4.69) is 37.4 Å². The van der Waals surface area contributed by atoms with Gasteiger partial charge >= 0.3 is 0 Å². The minimum Gasteiger partial charge on any atom is -0.497 e. The third kappa shape index (κ3) is 2.19. The van der Waals surface area contributed by atoms with Gasteiger partial charge in [-0.1, -0.05) is 32.4 Å². The summed E-state index contributed by atoms with van der Waals surface area (Å²) >= 11 is 0. The van der Waals surface area contributed by atoms with Gasteiger partial charge in [0.15, 0.2) is 0 Å². The number of benzene rings is 1. The molecular weight excluding hydrogens is 210 g/mol. The summed E-state index contributed by atoms with van der Waals surface area (Å²) in [5.41, 5.74) is 1.72. The Morgan fingerprint density at radius 3 is 2.88 bits per heavy atom. The molecule has 2 atom stereocenters. The molecule has 1 aliphatic heterocycles. The Bertz CT molecular complexity index is 369. The molecule has 0 aromatic heterocycles. The molecule has 0 unspecified atom stereocenters. The summed E-state index contributed by atoms with van der Waals surface area (Å²) in [7, 11) is 1.74. The van der Waals surface area contributed by atoms with E-state index in [1.165, 1.54) is 18.4 Å². The van der Waals surface area contributed by atoms with E-state index < -0.39 is 0 Å². The second-order valence-electron chi connectivity index (χ2n) is 5.12. The van der Waals surface area contributed by atoms with Gasteiger partial charge in [0.25, 0.3) is 0 Å². The van der Waals surface area contributed by atoms with Gasteiger partial charge in [-0.25, -0.2) is 0 Å². The van der Waals surface area contributed by atoms with Crippen LogP contribution < -0.4 is 10.1 Å². The Morgan fingerprint density at radius 2 is 2.29 bits per heavy atom. The predicted molar refractivity (Wildman–Crippen MR) is 71.6 cm³/mol. The first kappa shape index (κ1) is 12.4. The van der Waals surface area contributed by atoms with Gasteiger partial charge in [0.2, 0.25) is 0 Å². The fourth-order valence-electron chi connectivity index (χ4n) is 2.99. The Kier molecular flexibility index (Phi) is 3.72. The average Bonchev–Trinajstić information content (AvgIpc) is 2.88. The molecule has 1 N–H and O–H groups in total. The van der Waals surface area contributed by atoms with Crippen molar-refractivity contribution in [2.45, 2.75) is 32.1 Å². The van der Waals surface area contributed by atoms with Crippen LogP contribution in [0.2, 0.25) is 0 Å². The molecule has 94 valence electrons. The minimum absolute atomic E-state index is 0.295. The molecule has 2 heteroatoms. The van der Waals surface area contributed by atoms with Crippen molar-refractivity contribution < 1.29 is 4.74 Å². The smallest absolute Gasteiger partial charge is 0.119 e. The van der Waals surface area contributed by atoms with E-state index in [-0.39, 0.29) is 0 Å². The molecule has 2 nitrogen and oxygen atoms in total. The van der Waals surface area contributed by atoms with Crippen molar-refractivity contribution in [3.63, 3.8) is 0 Å². The average molecular weight is 233 g/mol. The third-order valence-corrected chi connectivity index (χ3v) is 4.39. The van der Waals surface area contributed by atoms with Gasteiger partial charge in [0.05, 0.1) is 7.11 Å². The summed E-state index contributed by atoms with van der Waals surface area (Å²) < 4.78 is 5.35. The lowest BCUT2D eigenvalue weighted by Crippen LogP contribution is -2.35. The molecular formula is C15H23NO. The van der Waals surface area contributed by atoms with Crippen molar-refractivity contribution in [1.29, 1.82) is 0 Å². The number of nitrogens with one attached hydrogen (secondary N) is 1. The van der Waals surface area contributed by atoms with Gasteiger partial charge in [-0.15, -0.1) is 0 Å². The van der Waals surface area contributed by atoms with Crippen LogP contribution in [-0.2, 0) is 5.41 Å². The normalized spacial score (nSPS) is 25.8. The molecule has 0 aliphatic carbocycles. The third-order valence-electron chi connectivity index (χ3n) is 4.39. The van der Waals surface area contributed by atoms with Crippen LogP contribution in [0.25, 0.3) is 0 Å². The van der Waals surface area contributed by atoms with E-state index in [0.717, 1.165) is 18.8 Å². The van der Waals surface area contributed by atoms with Crippen LogP contribution in [0, 0.1) is 5.92 Å². The van der Waals surface area contributed by atoms with Gasteiger partial charge in [-0.3, -0.25) is 0 Å². The summed E-state index contributed by atoms with van der Waals surface area (Å²) in [4.78, 5) is 0. The van der Waals surface area contributed by atoms with Crippen LogP contribution in [0.15, 0.2) is 24.3 Å². The summed E-state index contributed by atoms with van der Waals surface area (Å²) in [6.07, 6.45) is 2.45. The number of hydrogen-bond acceptors (Lipinski definition) is 2. The fraction of sp³-hybridized carbons (Fsp3) is 0.600. The molecule has 0 bridgehead atoms. The quantitative estimate of drug-likeness (QED) is 0.863. The highest BCUT2D eigenvalue weighted by atomic mass is 16.5. The van der Waals surface area contributed by atoms with Crippen molar-refractivity contribution in [3.05, 3.63) is 29.8 Å². The number of hydrogen-bond donors (Lipinski definition) is 1. The van der Waals surface area contributed by atoms with E-state index in [1.807, 2.05) is 6.07 Å². The zero-order valence-corrected chi connectivity index (χ0v) is 11.1. The van der Waals surface area contributed by atoms with Crippen molar-refractivity contribution in [2.24, 2.45) is 5.92 Å². The van der Waals surface area contributed by atoms with Gasteiger partial charge in [0, 0.05) is 12.0 Å². The molecule has 1 aliphatic rings. The second-order valence-corrected chi connectivity index (χ2v) is 5.12. The maximum atomic E-state index is 5.35. The van der Waals surface area contributed by atoms with Crippen molar-refractivity contribution >= 4 is 0 Å². The molecule has 1 aromatic rings. The van der Waals surface area contributed by atoms with Crippen LogP contribution in [0.5, 0.6) is 5.75 Å². The van der Waals surface area contributed by atoms with Crippen molar-refractivity contribution in [3.8, 4) is 5.75 Å². The lowest BCUT2D eigenvalue weighted by atomic mass is 9.69. The zero-order chi connectivity index (χ0) is 12.3. The standard InChI is InChI=1S/C15H23NO/c1-4-12(2)15(8-9-16-11-15)13-6-5-7-14(10-13)17-3/h5-7,10,12,16H,4,8-9,11H2,1-3H3/t12-,15+/m0/s1. The molecule has 1 saturated heterocycles. The van der Waals surface area contributed by atoms with Crippen LogP contribution >= 0.6 is 0 Å². The van der Waals surface area contributed by atoms with Gasteiger partial charge in [-0.05, 0) is 36.6 Å². The highest BCUT2D eigenvalue weighted by molar-refractivity contribution is 5.35. The summed E-state index contributed by atoms with van der Waals surface area (Å²) in [6.45, 7) is 6.87. The fourth-order valence-corrected chi connectivity index (χ4v) is 2.99. The van der Waals surface area contributed by atoms with Crippen LogP contribution in [-0.4, -0.2) is 20.2 Å². The minimum atomic E-state index is 0.295. The summed E-state index contributed by atoms with van der Waals surface area (Å²) in [6, 6.07) is 8.59. The number of methoxy groups -OCH3 is 1. The molecule has 0 radical (unpaired) electrons. The van der Waals surface area contributed by atoms with E-state index in [1.54, 1.807) is 7.11 Å². The molecule has 1 fully saturated rings. The Morgan fingerprint density at radius 1 is 1.47 bits per heavy atom. The SMILES string of the molecule is CC[C@H](C)[C@@]1(c2cccc(OC)c2)CCNC1. The molecule has 0 amide bonds. The predicted octanol–water partition coefficient (Wildman–Crippen LogP) is 2.97. The van der Waals surface area contributed by atoms with E-state index in [0.29, 0.717) is 11.3 Å². The summed E-state index contributed by atoms with van der Waals surface area (Å²) in [5, 5.41) is 3.52. The van der Waals surface area contributed by atoms with E-state index in [9.17, 15) is 0 Å². The van der Waals surface area contributed by atoms with E-state index in [4.69, 9.17) is 4.74 Å². The molecule has 2 rings (SSSR count). The summed E-state index contributed by atoms with van der Waals surface area (Å²) in [5.74, 6) is 1.67. The molecule has 1 aromatic carbocycles. The van der Waals surface area contributed by atoms with Crippen molar-refractivity contribution in [2.75, 3.05) is 20.2 Å². The van der Waals surface area contributed by atoms with Crippen LogP contribution in [0.1, 0.15) is 32.3 Å². The first-order valence-corrected chi connectivity index (χ1v) is 6.58. The molecule has 1 heterocycles. The maximum Gasteiger partial charge on any atom is 0.119 e. The van der Waals surface area contributed by atoms with Gasteiger partial charge in [-0.2, -0.15) is 0 Å². The maximum absolute atomic E-state index is 5.35. The topological polar surface area (TPSA) is 21.3 Å². The van der Waals surface area contributed by atoms with Gasteiger partial charge < -0.3 is 10.1 Å². The molecule has 17 heavy (non-hydrogen) atoms. The molecule has 0 spiro atoms. The number of rotatable bonds is 4. The monoisotopic (exact) mass is 233 g/mol. The second kappa shape index (κ2) is 5.09. The highest BCUT2D eigenvalue weighted by Crippen LogP contribution is 2.40. The highest BCUT2D eigenvalue weighted by Gasteiger charge is 2.39.